The van der Waals surface area contributed by atoms with Crippen molar-refractivity contribution in [1.29, 1.82) is 0 Å². The number of halogens is 1. The van der Waals surface area contributed by atoms with Gasteiger partial charge in [0, 0.05) is 17.1 Å². The molecule has 0 heterocycles. The molecular formula is C10H13ClN2O2. The average molecular weight is 229 g/mol. The van der Waals surface area contributed by atoms with Crippen LogP contribution < -0.4 is 5.32 Å². The van der Waals surface area contributed by atoms with Crippen LogP contribution in [0.5, 0.6) is 0 Å². The van der Waals surface area contributed by atoms with Gasteiger partial charge in [0.25, 0.3) is 5.69 Å². The lowest BCUT2D eigenvalue weighted by Crippen LogP contribution is -2.11. The second-order valence-corrected chi connectivity index (χ2v) is 4.08. The van der Waals surface area contributed by atoms with E-state index in [-0.39, 0.29) is 11.7 Å². The first-order valence-corrected chi connectivity index (χ1v) is 5.00. The largest absolute Gasteiger partial charge is 0.377 e. The lowest BCUT2D eigenvalue weighted by molar-refractivity contribution is -0.384. The third-order valence-corrected chi connectivity index (χ3v) is 2.33. The molecule has 0 fully saturated rings. The van der Waals surface area contributed by atoms with E-state index in [1.807, 2.05) is 13.8 Å². The summed E-state index contributed by atoms with van der Waals surface area (Å²) in [6.07, 6.45) is 0. The van der Waals surface area contributed by atoms with E-state index in [4.69, 9.17) is 11.6 Å². The van der Waals surface area contributed by atoms with Gasteiger partial charge in [-0.15, -0.1) is 0 Å². The Morgan fingerprint density at radius 3 is 2.53 bits per heavy atom. The molecule has 0 spiro atoms. The van der Waals surface area contributed by atoms with Crippen molar-refractivity contribution in [3.63, 3.8) is 0 Å². The van der Waals surface area contributed by atoms with Gasteiger partial charge in [-0.3, -0.25) is 10.1 Å². The van der Waals surface area contributed by atoms with E-state index in [9.17, 15) is 10.1 Å². The van der Waals surface area contributed by atoms with Crippen molar-refractivity contribution in [2.75, 3.05) is 5.32 Å². The predicted octanol–water partition coefficient (Wildman–Crippen LogP) is 3.38. The number of nitrogens with one attached hydrogen (secondary N) is 1. The summed E-state index contributed by atoms with van der Waals surface area (Å²) in [6, 6.07) is 3.20. The second-order valence-electron chi connectivity index (χ2n) is 3.67. The number of anilines is 1. The highest BCUT2D eigenvalue weighted by atomic mass is 35.5. The summed E-state index contributed by atoms with van der Waals surface area (Å²) in [7, 11) is 0. The SMILES string of the molecule is Cc1cc([N+](=O)[O-])c(NC(C)C)cc1Cl. The molecule has 0 bridgehead atoms. The van der Waals surface area contributed by atoms with Crippen molar-refractivity contribution in [2.45, 2.75) is 26.8 Å². The lowest BCUT2D eigenvalue weighted by Gasteiger charge is -2.11. The fraction of sp³-hybridized carbons (Fsp3) is 0.400. The molecule has 1 aromatic rings. The van der Waals surface area contributed by atoms with Gasteiger partial charge in [0.05, 0.1) is 4.92 Å². The van der Waals surface area contributed by atoms with Gasteiger partial charge in [-0.25, -0.2) is 0 Å². The van der Waals surface area contributed by atoms with Gasteiger partial charge in [0.2, 0.25) is 0 Å². The van der Waals surface area contributed by atoms with Gasteiger partial charge < -0.3 is 5.32 Å². The Balaban J connectivity index is 3.22. The molecule has 0 atom stereocenters. The molecule has 5 heteroatoms. The Morgan fingerprint density at radius 1 is 1.47 bits per heavy atom. The van der Waals surface area contributed by atoms with Crippen molar-refractivity contribution < 1.29 is 4.92 Å². The highest BCUT2D eigenvalue weighted by Crippen LogP contribution is 2.31. The number of hydrogen-bond acceptors (Lipinski definition) is 3. The Hall–Kier alpha value is -1.29. The number of hydrogen-bond donors (Lipinski definition) is 1. The number of nitro benzene ring substituents is 1. The van der Waals surface area contributed by atoms with E-state index >= 15 is 0 Å². The summed E-state index contributed by atoms with van der Waals surface area (Å²) in [5.74, 6) is 0. The number of rotatable bonds is 3. The van der Waals surface area contributed by atoms with Gasteiger partial charge in [-0.2, -0.15) is 0 Å². The molecule has 15 heavy (non-hydrogen) atoms. The zero-order valence-electron chi connectivity index (χ0n) is 8.87. The molecular weight excluding hydrogens is 216 g/mol. The van der Waals surface area contributed by atoms with Crippen LogP contribution in [-0.2, 0) is 0 Å². The molecule has 4 nitrogen and oxygen atoms in total. The van der Waals surface area contributed by atoms with Crippen LogP contribution in [0.25, 0.3) is 0 Å². The molecule has 0 aliphatic heterocycles. The average Bonchev–Trinajstić information content (AvgIpc) is 2.09. The van der Waals surface area contributed by atoms with Crippen LogP contribution in [0.3, 0.4) is 0 Å². The topological polar surface area (TPSA) is 55.2 Å². The Morgan fingerprint density at radius 2 is 2.07 bits per heavy atom. The van der Waals surface area contributed by atoms with Crippen molar-refractivity contribution in [3.05, 3.63) is 32.8 Å². The van der Waals surface area contributed by atoms with Gasteiger partial charge in [0.15, 0.2) is 0 Å². The first-order valence-electron chi connectivity index (χ1n) is 4.63. The van der Waals surface area contributed by atoms with E-state index in [0.29, 0.717) is 16.3 Å². The van der Waals surface area contributed by atoms with E-state index in [1.54, 1.807) is 13.0 Å². The van der Waals surface area contributed by atoms with Crippen molar-refractivity contribution >= 4 is 23.0 Å². The minimum Gasteiger partial charge on any atom is -0.377 e. The third-order valence-electron chi connectivity index (χ3n) is 1.92. The van der Waals surface area contributed by atoms with Gasteiger partial charge in [-0.05, 0) is 32.4 Å². The smallest absolute Gasteiger partial charge is 0.292 e. The van der Waals surface area contributed by atoms with E-state index < -0.39 is 4.92 Å². The molecule has 82 valence electrons. The maximum absolute atomic E-state index is 10.8. The van der Waals surface area contributed by atoms with Crippen LogP contribution in [0, 0.1) is 17.0 Å². The first kappa shape index (κ1) is 11.8. The molecule has 1 aromatic carbocycles. The summed E-state index contributed by atoms with van der Waals surface area (Å²) in [5.41, 5.74) is 1.23. The molecule has 0 saturated carbocycles. The molecule has 1 rings (SSSR count). The summed E-state index contributed by atoms with van der Waals surface area (Å²) in [5, 5.41) is 14.3. The molecule has 0 unspecified atom stereocenters. The first-order chi connectivity index (χ1) is 6.91. The van der Waals surface area contributed by atoms with Crippen LogP contribution in [-0.4, -0.2) is 11.0 Å². The zero-order valence-corrected chi connectivity index (χ0v) is 9.63. The monoisotopic (exact) mass is 228 g/mol. The summed E-state index contributed by atoms with van der Waals surface area (Å²) < 4.78 is 0. The standard InChI is InChI=1S/C10H13ClN2O2/c1-6(2)12-9-5-8(11)7(3)4-10(9)13(14)15/h4-6,12H,1-3H3. The van der Waals surface area contributed by atoms with Crippen LogP contribution in [0.15, 0.2) is 12.1 Å². The molecule has 0 radical (unpaired) electrons. The summed E-state index contributed by atoms with van der Waals surface area (Å²) in [4.78, 5) is 10.4. The van der Waals surface area contributed by atoms with E-state index in [0.717, 1.165) is 0 Å². The Kier molecular flexibility index (Phi) is 3.52. The molecule has 0 aliphatic rings. The van der Waals surface area contributed by atoms with E-state index in [2.05, 4.69) is 5.32 Å². The quantitative estimate of drug-likeness (QED) is 0.637. The van der Waals surface area contributed by atoms with Gasteiger partial charge in [0.1, 0.15) is 5.69 Å². The number of aryl methyl sites for hydroxylation is 1. The predicted molar refractivity (Wildman–Crippen MR) is 61.6 cm³/mol. The van der Waals surface area contributed by atoms with Crippen LogP contribution >= 0.6 is 11.6 Å². The number of nitrogens with zero attached hydrogens (tertiary/aromatic N) is 1. The Labute approximate surface area is 93.4 Å². The van der Waals surface area contributed by atoms with Crippen molar-refractivity contribution in [1.82, 2.24) is 0 Å². The molecule has 0 amide bonds. The minimum absolute atomic E-state index is 0.0607. The second kappa shape index (κ2) is 4.49. The van der Waals surface area contributed by atoms with Crippen LogP contribution in [0.4, 0.5) is 11.4 Å². The molecule has 0 saturated heterocycles. The van der Waals surface area contributed by atoms with E-state index in [1.165, 1.54) is 6.07 Å². The lowest BCUT2D eigenvalue weighted by atomic mass is 10.2. The van der Waals surface area contributed by atoms with Crippen LogP contribution in [0.2, 0.25) is 5.02 Å². The minimum atomic E-state index is -0.409. The summed E-state index contributed by atoms with van der Waals surface area (Å²) >= 11 is 5.91. The maximum Gasteiger partial charge on any atom is 0.292 e. The van der Waals surface area contributed by atoms with Gasteiger partial charge in [-0.1, -0.05) is 11.6 Å². The van der Waals surface area contributed by atoms with Crippen molar-refractivity contribution in [3.8, 4) is 0 Å². The highest BCUT2D eigenvalue weighted by molar-refractivity contribution is 6.31. The zero-order chi connectivity index (χ0) is 11.6. The fourth-order valence-corrected chi connectivity index (χ4v) is 1.41. The molecule has 1 N–H and O–H groups in total. The fourth-order valence-electron chi connectivity index (χ4n) is 1.24. The third kappa shape index (κ3) is 2.83. The normalized spacial score (nSPS) is 10.5. The van der Waals surface area contributed by atoms with Gasteiger partial charge >= 0.3 is 0 Å². The number of nitro groups is 1. The Bertz CT molecular complexity index is 391. The molecule has 0 aromatic heterocycles. The van der Waals surface area contributed by atoms with Crippen molar-refractivity contribution in [2.24, 2.45) is 0 Å². The molecule has 0 aliphatic carbocycles. The maximum atomic E-state index is 10.8. The summed E-state index contributed by atoms with van der Waals surface area (Å²) in [6.45, 7) is 5.57. The number of benzene rings is 1. The van der Waals surface area contributed by atoms with Crippen LogP contribution in [0.1, 0.15) is 19.4 Å². The highest BCUT2D eigenvalue weighted by Gasteiger charge is 2.16.